The second-order valence-corrected chi connectivity index (χ2v) is 9.14. The van der Waals surface area contributed by atoms with Crippen LogP contribution < -0.4 is 15.0 Å². The highest BCUT2D eigenvalue weighted by Gasteiger charge is 2.32. The summed E-state index contributed by atoms with van der Waals surface area (Å²) in [5.74, 6) is 0.323. The van der Waals surface area contributed by atoms with E-state index in [9.17, 15) is 9.59 Å². The maximum absolute atomic E-state index is 13.7. The molecule has 2 aromatic heterocycles. The van der Waals surface area contributed by atoms with E-state index in [1.807, 2.05) is 73.0 Å². The Hall–Kier alpha value is -3.97. The Morgan fingerprint density at radius 1 is 1.00 bits per heavy atom. The molecule has 2 amide bonds. The first-order valence-corrected chi connectivity index (χ1v) is 12.1. The number of methoxy groups -OCH3 is 1. The fourth-order valence-corrected chi connectivity index (χ4v) is 4.48. The molecule has 4 rings (SSSR count). The molecule has 4 aromatic rings. The van der Waals surface area contributed by atoms with Crippen LogP contribution in [0, 0.1) is 6.92 Å². The summed E-state index contributed by atoms with van der Waals surface area (Å²) in [5.41, 5.74) is 3.36. The Balaban J connectivity index is 1.67. The average Bonchev–Trinajstić information content (AvgIpc) is 3.40. The predicted molar refractivity (Wildman–Crippen MR) is 139 cm³/mol. The number of benzene rings is 2. The van der Waals surface area contributed by atoms with Gasteiger partial charge in [0.05, 0.1) is 13.5 Å². The third-order valence-electron chi connectivity index (χ3n) is 5.64. The second-order valence-electron chi connectivity index (χ2n) is 8.10. The molecule has 0 spiro atoms. The van der Waals surface area contributed by atoms with Crippen molar-refractivity contribution in [2.45, 2.75) is 25.9 Å². The number of thiophene rings is 1. The summed E-state index contributed by atoms with van der Waals surface area (Å²) in [6.45, 7) is 2.31. The highest BCUT2D eigenvalue weighted by atomic mass is 32.1. The van der Waals surface area contributed by atoms with Crippen LogP contribution in [0.5, 0.6) is 5.75 Å². The van der Waals surface area contributed by atoms with Gasteiger partial charge in [0, 0.05) is 29.5 Å². The number of rotatable bonds is 9. The number of amides is 2. The Kier molecular flexibility index (Phi) is 7.90. The fourth-order valence-electron chi connectivity index (χ4n) is 3.78. The monoisotopic (exact) mass is 485 g/mol. The molecule has 0 unspecified atom stereocenters. The van der Waals surface area contributed by atoms with Gasteiger partial charge in [-0.1, -0.05) is 35.9 Å². The van der Waals surface area contributed by atoms with E-state index in [1.54, 1.807) is 36.5 Å². The van der Waals surface area contributed by atoms with Crippen LogP contribution in [0.15, 0.2) is 90.6 Å². The van der Waals surface area contributed by atoms with E-state index in [0.29, 0.717) is 17.8 Å². The van der Waals surface area contributed by atoms with E-state index < -0.39 is 6.04 Å². The molecular weight excluding hydrogens is 458 g/mol. The number of nitrogens with one attached hydrogen (secondary N) is 1. The van der Waals surface area contributed by atoms with E-state index in [1.165, 1.54) is 11.3 Å². The first-order valence-electron chi connectivity index (χ1n) is 11.3. The van der Waals surface area contributed by atoms with Crippen LogP contribution in [0.1, 0.15) is 27.6 Å². The Morgan fingerprint density at radius 3 is 2.34 bits per heavy atom. The summed E-state index contributed by atoms with van der Waals surface area (Å²) in [4.78, 5) is 34.0. The SMILES string of the molecule is COc1ccc(CNC(=O)[C@@H](c2ccncc2)N(C(=O)Cc2cccs2)c2ccc(C)cc2)cc1. The van der Waals surface area contributed by atoms with Crippen LogP contribution in [0.4, 0.5) is 5.69 Å². The molecular formula is C28H27N3O3S. The molecule has 35 heavy (non-hydrogen) atoms. The largest absolute Gasteiger partial charge is 0.497 e. The van der Waals surface area contributed by atoms with Gasteiger partial charge in [-0.3, -0.25) is 19.5 Å². The van der Waals surface area contributed by atoms with E-state index in [0.717, 1.165) is 21.8 Å². The van der Waals surface area contributed by atoms with Crippen molar-refractivity contribution in [3.05, 3.63) is 112 Å². The zero-order valence-corrected chi connectivity index (χ0v) is 20.5. The minimum Gasteiger partial charge on any atom is -0.497 e. The van der Waals surface area contributed by atoms with Crippen LogP contribution in [0.2, 0.25) is 0 Å². The van der Waals surface area contributed by atoms with E-state index in [4.69, 9.17) is 4.74 Å². The first-order chi connectivity index (χ1) is 17.0. The molecule has 0 saturated carbocycles. The zero-order chi connectivity index (χ0) is 24.6. The minimum atomic E-state index is -0.855. The number of aromatic nitrogens is 1. The zero-order valence-electron chi connectivity index (χ0n) is 19.7. The second kappa shape index (κ2) is 11.4. The molecule has 1 atom stereocenters. The number of nitrogens with zero attached hydrogens (tertiary/aromatic N) is 2. The van der Waals surface area contributed by atoms with Gasteiger partial charge in [0.2, 0.25) is 11.8 Å². The molecule has 2 aromatic carbocycles. The van der Waals surface area contributed by atoms with Gasteiger partial charge in [-0.15, -0.1) is 11.3 Å². The number of hydrogen-bond acceptors (Lipinski definition) is 5. The summed E-state index contributed by atoms with van der Waals surface area (Å²) in [5, 5.41) is 4.96. The molecule has 0 aliphatic heterocycles. The van der Waals surface area contributed by atoms with Gasteiger partial charge in [-0.25, -0.2) is 0 Å². The van der Waals surface area contributed by atoms with Gasteiger partial charge in [0.1, 0.15) is 11.8 Å². The van der Waals surface area contributed by atoms with E-state index in [2.05, 4.69) is 10.3 Å². The number of ether oxygens (including phenoxy) is 1. The maximum Gasteiger partial charge on any atom is 0.248 e. The number of pyridine rings is 1. The van der Waals surface area contributed by atoms with Crippen molar-refractivity contribution >= 4 is 28.8 Å². The number of carbonyl (C=O) groups is 2. The Bertz CT molecular complexity index is 1240. The van der Waals surface area contributed by atoms with Gasteiger partial charge in [-0.05, 0) is 65.9 Å². The van der Waals surface area contributed by atoms with Gasteiger partial charge >= 0.3 is 0 Å². The summed E-state index contributed by atoms with van der Waals surface area (Å²) in [7, 11) is 1.61. The van der Waals surface area contributed by atoms with Crippen LogP contribution >= 0.6 is 11.3 Å². The number of anilines is 1. The molecule has 0 bridgehead atoms. The predicted octanol–water partition coefficient (Wildman–Crippen LogP) is 5.09. The van der Waals surface area contributed by atoms with Gasteiger partial charge < -0.3 is 10.1 Å². The van der Waals surface area contributed by atoms with Crippen molar-refractivity contribution in [1.82, 2.24) is 10.3 Å². The molecule has 0 aliphatic carbocycles. The van der Waals surface area contributed by atoms with Crippen molar-refractivity contribution in [1.29, 1.82) is 0 Å². The normalized spacial score (nSPS) is 11.5. The molecule has 0 saturated heterocycles. The Morgan fingerprint density at radius 2 is 1.71 bits per heavy atom. The molecule has 2 heterocycles. The van der Waals surface area contributed by atoms with Crippen molar-refractivity contribution in [3.63, 3.8) is 0 Å². The molecule has 1 N–H and O–H groups in total. The van der Waals surface area contributed by atoms with Gasteiger partial charge in [0.15, 0.2) is 0 Å². The smallest absolute Gasteiger partial charge is 0.248 e. The van der Waals surface area contributed by atoms with Gasteiger partial charge in [0.25, 0.3) is 0 Å². The van der Waals surface area contributed by atoms with E-state index in [-0.39, 0.29) is 18.2 Å². The number of aryl methyl sites for hydroxylation is 1. The average molecular weight is 486 g/mol. The topological polar surface area (TPSA) is 71.5 Å². The number of hydrogen-bond donors (Lipinski definition) is 1. The summed E-state index contributed by atoms with van der Waals surface area (Å²) in [6, 6.07) is 21.7. The minimum absolute atomic E-state index is 0.155. The van der Waals surface area contributed by atoms with Crippen molar-refractivity contribution in [2.24, 2.45) is 0 Å². The molecule has 7 heteroatoms. The third kappa shape index (κ3) is 6.13. The molecule has 6 nitrogen and oxygen atoms in total. The lowest BCUT2D eigenvalue weighted by Crippen LogP contribution is -2.44. The number of carbonyl (C=O) groups excluding carboxylic acids is 2. The summed E-state index contributed by atoms with van der Waals surface area (Å²) in [6.07, 6.45) is 3.48. The highest BCUT2D eigenvalue weighted by molar-refractivity contribution is 7.10. The standard InChI is InChI=1S/C28H27N3O3S/c1-20-5-9-23(10-6-20)31(26(32)18-25-4-3-17-35-25)27(22-13-15-29-16-14-22)28(33)30-19-21-7-11-24(34-2)12-8-21/h3-17,27H,18-19H2,1-2H3,(H,30,33)/t27-/m1/s1. The first kappa shape index (κ1) is 24.2. The summed E-state index contributed by atoms with van der Waals surface area (Å²) >= 11 is 1.52. The Labute approximate surface area is 209 Å². The third-order valence-corrected chi connectivity index (χ3v) is 6.52. The van der Waals surface area contributed by atoms with Crippen LogP contribution in [0.25, 0.3) is 0 Å². The highest BCUT2D eigenvalue weighted by Crippen LogP contribution is 2.29. The lowest BCUT2D eigenvalue weighted by Gasteiger charge is -2.31. The maximum atomic E-state index is 13.7. The lowest BCUT2D eigenvalue weighted by molar-refractivity contribution is -0.126. The van der Waals surface area contributed by atoms with Crippen molar-refractivity contribution in [3.8, 4) is 5.75 Å². The van der Waals surface area contributed by atoms with Crippen LogP contribution in [0.3, 0.4) is 0 Å². The van der Waals surface area contributed by atoms with E-state index >= 15 is 0 Å². The van der Waals surface area contributed by atoms with Crippen LogP contribution in [-0.2, 0) is 22.6 Å². The summed E-state index contributed by atoms with van der Waals surface area (Å²) < 4.78 is 5.21. The fraction of sp³-hybridized carbons (Fsp3) is 0.179. The van der Waals surface area contributed by atoms with Crippen molar-refractivity contribution in [2.75, 3.05) is 12.0 Å². The molecule has 178 valence electrons. The van der Waals surface area contributed by atoms with Crippen LogP contribution in [-0.4, -0.2) is 23.9 Å². The van der Waals surface area contributed by atoms with Gasteiger partial charge in [-0.2, -0.15) is 0 Å². The molecule has 0 fully saturated rings. The molecule has 0 radical (unpaired) electrons. The lowest BCUT2D eigenvalue weighted by atomic mass is 10.0. The van der Waals surface area contributed by atoms with Crippen molar-refractivity contribution < 1.29 is 14.3 Å². The quantitative estimate of drug-likeness (QED) is 0.358. The molecule has 0 aliphatic rings.